The number of aromatic carboxylic acids is 1. The molecule has 0 aliphatic rings. The summed E-state index contributed by atoms with van der Waals surface area (Å²) in [4.78, 5) is 11.0. The van der Waals surface area contributed by atoms with Crippen LogP contribution in [-0.2, 0) is 6.54 Å². The summed E-state index contributed by atoms with van der Waals surface area (Å²) < 4.78 is 6.48. The van der Waals surface area contributed by atoms with Gasteiger partial charge in [0.15, 0.2) is 11.5 Å². The lowest BCUT2D eigenvalue weighted by atomic mass is 10.1. The van der Waals surface area contributed by atoms with Crippen LogP contribution in [0.15, 0.2) is 16.8 Å². The fourth-order valence-electron chi connectivity index (χ4n) is 1.63. The average molecular weight is 236 g/mol. The van der Waals surface area contributed by atoms with Crippen LogP contribution in [0.4, 0.5) is 0 Å². The molecule has 2 aromatic heterocycles. The van der Waals surface area contributed by atoms with E-state index in [0.29, 0.717) is 18.0 Å². The standard InChI is InChI=1S/C10H12N4O3/c1-6(2)9-8(10(15)16)12-13-14(9)5-7-3-4-11-17-7/h3-4,6H,5H2,1-2H3,(H,15,16). The highest BCUT2D eigenvalue weighted by Gasteiger charge is 2.21. The molecule has 2 aromatic rings. The molecule has 0 bridgehead atoms. The van der Waals surface area contributed by atoms with Crippen molar-refractivity contribution >= 4 is 5.97 Å². The first kappa shape index (κ1) is 11.3. The molecule has 0 aliphatic heterocycles. The number of hydrogen-bond donors (Lipinski definition) is 1. The van der Waals surface area contributed by atoms with Crippen molar-refractivity contribution in [2.75, 3.05) is 0 Å². The van der Waals surface area contributed by atoms with Crippen LogP contribution < -0.4 is 0 Å². The van der Waals surface area contributed by atoms with Crippen LogP contribution in [0.3, 0.4) is 0 Å². The highest BCUT2D eigenvalue weighted by molar-refractivity contribution is 5.86. The van der Waals surface area contributed by atoms with Gasteiger partial charge in [-0.3, -0.25) is 0 Å². The Labute approximate surface area is 97.0 Å². The van der Waals surface area contributed by atoms with Crippen molar-refractivity contribution < 1.29 is 14.4 Å². The number of carboxylic acids is 1. The molecule has 0 saturated carbocycles. The van der Waals surface area contributed by atoms with Gasteiger partial charge in [0.05, 0.1) is 11.9 Å². The predicted octanol–water partition coefficient (Wildman–Crippen LogP) is 1.14. The summed E-state index contributed by atoms with van der Waals surface area (Å²) in [5.74, 6) is -0.453. The monoisotopic (exact) mass is 236 g/mol. The van der Waals surface area contributed by atoms with Crippen molar-refractivity contribution in [1.29, 1.82) is 0 Å². The van der Waals surface area contributed by atoms with Gasteiger partial charge in [-0.2, -0.15) is 0 Å². The maximum absolute atomic E-state index is 11.0. The summed E-state index contributed by atoms with van der Waals surface area (Å²) in [7, 11) is 0. The lowest BCUT2D eigenvalue weighted by Crippen LogP contribution is -2.10. The zero-order chi connectivity index (χ0) is 12.4. The van der Waals surface area contributed by atoms with Gasteiger partial charge in [-0.05, 0) is 5.92 Å². The molecule has 0 saturated heterocycles. The van der Waals surface area contributed by atoms with Gasteiger partial charge in [-0.25, -0.2) is 9.48 Å². The predicted molar refractivity (Wildman–Crippen MR) is 56.7 cm³/mol. The largest absolute Gasteiger partial charge is 0.476 e. The van der Waals surface area contributed by atoms with E-state index < -0.39 is 5.97 Å². The fourth-order valence-corrected chi connectivity index (χ4v) is 1.63. The first-order valence-electron chi connectivity index (χ1n) is 5.16. The minimum absolute atomic E-state index is 0.0130. The fraction of sp³-hybridized carbons (Fsp3) is 0.400. The smallest absolute Gasteiger partial charge is 0.358 e. The lowest BCUT2D eigenvalue weighted by molar-refractivity contribution is 0.0688. The maximum atomic E-state index is 11.0. The number of aromatic nitrogens is 4. The van der Waals surface area contributed by atoms with E-state index in [1.165, 1.54) is 10.9 Å². The topological polar surface area (TPSA) is 94.0 Å². The van der Waals surface area contributed by atoms with Gasteiger partial charge >= 0.3 is 5.97 Å². The molecule has 2 rings (SSSR count). The molecule has 0 amide bonds. The Kier molecular flexibility index (Phi) is 2.90. The Bertz CT molecular complexity index is 516. The molecule has 1 N–H and O–H groups in total. The summed E-state index contributed by atoms with van der Waals surface area (Å²) in [6.45, 7) is 4.11. The van der Waals surface area contributed by atoms with Crippen molar-refractivity contribution in [3.05, 3.63) is 29.4 Å². The molecule has 7 nitrogen and oxygen atoms in total. The Morgan fingerprint density at radius 3 is 2.88 bits per heavy atom. The van der Waals surface area contributed by atoms with Crippen molar-refractivity contribution in [2.24, 2.45) is 0 Å². The van der Waals surface area contributed by atoms with Gasteiger partial charge < -0.3 is 9.63 Å². The minimum atomic E-state index is -1.07. The Morgan fingerprint density at radius 1 is 1.59 bits per heavy atom. The number of rotatable bonds is 4. The molecule has 2 heterocycles. The van der Waals surface area contributed by atoms with Gasteiger partial charge in [0.25, 0.3) is 0 Å². The minimum Gasteiger partial charge on any atom is -0.476 e. The molecule has 0 spiro atoms. The summed E-state index contributed by atoms with van der Waals surface area (Å²) in [5.41, 5.74) is 0.563. The third-order valence-corrected chi connectivity index (χ3v) is 2.32. The second-order valence-electron chi connectivity index (χ2n) is 3.92. The number of nitrogens with zero attached hydrogens (tertiary/aromatic N) is 4. The van der Waals surface area contributed by atoms with Crippen LogP contribution in [0.1, 0.15) is 41.7 Å². The molecular formula is C10H12N4O3. The van der Waals surface area contributed by atoms with Crippen LogP contribution in [0, 0.1) is 0 Å². The van der Waals surface area contributed by atoms with Gasteiger partial charge in [0, 0.05) is 6.07 Å². The third kappa shape index (κ3) is 2.17. The first-order valence-corrected chi connectivity index (χ1v) is 5.16. The molecule has 0 aliphatic carbocycles. The van der Waals surface area contributed by atoms with E-state index in [0.717, 1.165) is 0 Å². The van der Waals surface area contributed by atoms with E-state index in [4.69, 9.17) is 9.63 Å². The SMILES string of the molecule is CC(C)c1c(C(=O)O)nnn1Cc1ccno1. The Hall–Kier alpha value is -2.18. The van der Waals surface area contributed by atoms with Crippen LogP contribution in [0.2, 0.25) is 0 Å². The molecule has 90 valence electrons. The van der Waals surface area contributed by atoms with Gasteiger partial charge in [0.2, 0.25) is 0 Å². The molecule has 0 aromatic carbocycles. The zero-order valence-corrected chi connectivity index (χ0v) is 9.49. The molecule has 17 heavy (non-hydrogen) atoms. The molecule has 0 radical (unpaired) electrons. The second-order valence-corrected chi connectivity index (χ2v) is 3.92. The number of carboxylic acid groups (broad SMARTS) is 1. The normalized spacial score (nSPS) is 11.0. The zero-order valence-electron chi connectivity index (χ0n) is 9.49. The third-order valence-electron chi connectivity index (χ3n) is 2.32. The van der Waals surface area contributed by atoms with E-state index in [1.807, 2.05) is 13.8 Å². The molecular weight excluding hydrogens is 224 g/mol. The average Bonchev–Trinajstić information content (AvgIpc) is 2.86. The van der Waals surface area contributed by atoms with E-state index in [2.05, 4.69) is 15.5 Å². The van der Waals surface area contributed by atoms with Crippen LogP contribution >= 0.6 is 0 Å². The van der Waals surface area contributed by atoms with E-state index in [9.17, 15) is 4.79 Å². The second kappa shape index (κ2) is 4.36. The van der Waals surface area contributed by atoms with Crippen LogP contribution in [-0.4, -0.2) is 31.2 Å². The summed E-state index contributed by atoms with van der Waals surface area (Å²) in [5, 5.41) is 20.1. The highest BCUT2D eigenvalue weighted by atomic mass is 16.5. The van der Waals surface area contributed by atoms with Gasteiger partial charge in [-0.1, -0.05) is 24.2 Å². The Morgan fingerprint density at radius 2 is 2.35 bits per heavy atom. The number of hydrogen-bond acceptors (Lipinski definition) is 5. The van der Waals surface area contributed by atoms with E-state index >= 15 is 0 Å². The first-order chi connectivity index (χ1) is 8.09. The summed E-state index contributed by atoms with van der Waals surface area (Å²) in [6, 6.07) is 1.70. The number of carbonyl (C=O) groups is 1. The summed E-state index contributed by atoms with van der Waals surface area (Å²) >= 11 is 0. The van der Waals surface area contributed by atoms with Crippen molar-refractivity contribution in [3.8, 4) is 0 Å². The molecule has 0 fully saturated rings. The van der Waals surface area contributed by atoms with Gasteiger partial charge in [-0.15, -0.1) is 5.10 Å². The van der Waals surface area contributed by atoms with Crippen molar-refractivity contribution in [1.82, 2.24) is 20.2 Å². The van der Waals surface area contributed by atoms with E-state index in [1.54, 1.807) is 6.07 Å². The van der Waals surface area contributed by atoms with E-state index in [-0.39, 0.29) is 11.6 Å². The Balaban J connectivity index is 2.37. The highest BCUT2D eigenvalue weighted by Crippen LogP contribution is 2.18. The quantitative estimate of drug-likeness (QED) is 0.855. The van der Waals surface area contributed by atoms with Crippen molar-refractivity contribution in [2.45, 2.75) is 26.3 Å². The molecule has 0 atom stereocenters. The van der Waals surface area contributed by atoms with Crippen LogP contribution in [0.25, 0.3) is 0 Å². The van der Waals surface area contributed by atoms with Crippen molar-refractivity contribution in [3.63, 3.8) is 0 Å². The summed E-state index contributed by atoms with van der Waals surface area (Å²) in [6.07, 6.45) is 1.53. The molecule has 0 unspecified atom stereocenters. The lowest BCUT2D eigenvalue weighted by Gasteiger charge is -2.07. The van der Waals surface area contributed by atoms with Crippen LogP contribution in [0.5, 0.6) is 0 Å². The van der Waals surface area contributed by atoms with Gasteiger partial charge in [0.1, 0.15) is 6.54 Å². The maximum Gasteiger partial charge on any atom is 0.358 e. The molecule has 7 heteroatoms.